The monoisotopic (exact) mass is 249 g/mol. The molecule has 1 saturated heterocycles. The van der Waals surface area contributed by atoms with Crippen LogP contribution in [0, 0.1) is 5.41 Å². The van der Waals surface area contributed by atoms with Crippen LogP contribution >= 0.6 is 0 Å². The molecule has 2 atom stereocenters. The minimum absolute atomic E-state index is 0.318. The molecule has 0 radical (unpaired) electrons. The van der Waals surface area contributed by atoms with E-state index in [1.807, 2.05) is 37.3 Å². The average Bonchev–Trinajstić information content (AvgIpc) is 2.40. The Bertz CT molecular complexity index is 369. The Morgan fingerprint density at radius 3 is 2.67 bits per heavy atom. The van der Waals surface area contributed by atoms with E-state index in [2.05, 4.69) is 0 Å². The Balaban J connectivity index is 2.17. The van der Waals surface area contributed by atoms with Gasteiger partial charge in [0.05, 0.1) is 12.2 Å². The second-order valence-corrected chi connectivity index (χ2v) is 5.58. The largest absolute Gasteiger partial charge is 0.389 e. The highest BCUT2D eigenvalue weighted by Crippen LogP contribution is 2.40. The molecule has 0 bridgehead atoms. The number of benzene rings is 1. The molecule has 3 nitrogen and oxygen atoms in total. The van der Waals surface area contributed by atoms with E-state index in [1.165, 1.54) is 0 Å². The quantitative estimate of drug-likeness (QED) is 0.854. The van der Waals surface area contributed by atoms with Crippen molar-refractivity contribution in [3.8, 4) is 0 Å². The van der Waals surface area contributed by atoms with E-state index in [9.17, 15) is 5.11 Å². The second-order valence-electron chi connectivity index (χ2n) is 5.58. The summed E-state index contributed by atoms with van der Waals surface area (Å²) in [5, 5.41) is 10.9. The molecule has 3 N–H and O–H groups in total. The minimum Gasteiger partial charge on any atom is -0.389 e. The van der Waals surface area contributed by atoms with E-state index in [-0.39, 0.29) is 5.41 Å². The van der Waals surface area contributed by atoms with Gasteiger partial charge in [-0.15, -0.1) is 0 Å². The smallest absolute Gasteiger partial charge is 0.0750 e. The number of nitrogens with two attached hydrogens (primary N) is 1. The summed E-state index contributed by atoms with van der Waals surface area (Å²) in [7, 11) is 0. The van der Waals surface area contributed by atoms with Gasteiger partial charge >= 0.3 is 0 Å². The Labute approximate surface area is 109 Å². The van der Waals surface area contributed by atoms with Crippen molar-refractivity contribution in [3.05, 3.63) is 35.9 Å². The third-order valence-electron chi connectivity index (χ3n) is 4.25. The number of rotatable bonds is 4. The molecular weight excluding hydrogens is 226 g/mol. The predicted octanol–water partition coefficient (Wildman–Crippen LogP) is 1.74. The van der Waals surface area contributed by atoms with Gasteiger partial charge in [-0.3, -0.25) is 0 Å². The van der Waals surface area contributed by atoms with Gasteiger partial charge in [-0.1, -0.05) is 30.3 Å². The Kier molecular flexibility index (Phi) is 4.05. The highest BCUT2D eigenvalue weighted by atomic mass is 16.5. The van der Waals surface area contributed by atoms with Crippen LogP contribution in [-0.4, -0.2) is 30.5 Å². The zero-order valence-corrected chi connectivity index (χ0v) is 11.1. The lowest BCUT2D eigenvalue weighted by Gasteiger charge is -2.47. The van der Waals surface area contributed by atoms with Crippen molar-refractivity contribution in [2.45, 2.75) is 31.8 Å². The molecule has 1 aliphatic rings. The fourth-order valence-electron chi connectivity index (χ4n) is 2.84. The Morgan fingerprint density at radius 2 is 2.11 bits per heavy atom. The van der Waals surface area contributed by atoms with E-state index in [0.29, 0.717) is 19.6 Å². The number of aliphatic hydroxyl groups is 1. The zero-order chi connectivity index (χ0) is 13.1. The second kappa shape index (κ2) is 5.39. The lowest BCUT2D eigenvalue weighted by molar-refractivity contribution is -0.133. The van der Waals surface area contributed by atoms with Crippen molar-refractivity contribution in [1.29, 1.82) is 0 Å². The van der Waals surface area contributed by atoms with Gasteiger partial charge in [0.15, 0.2) is 0 Å². The molecular formula is C15H23NO2. The molecule has 0 saturated carbocycles. The highest BCUT2D eigenvalue weighted by Gasteiger charge is 2.47. The maximum Gasteiger partial charge on any atom is 0.0750 e. The molecule has 1 heterocycles. The van der Waals surface area contributed by atoms with Gasteiger partial charge < -0.3 is 15.6 Å². The summed E-state index contributed by atoms with van der Waals surface area (Å²) in [5.74, 6) is 0. The van der Waals surface area contributed by atoms with Crippen LogP contribution < -0.4 is 5.73 Å². The molecule has 1 fully saturated rings. The normalized spacial score (nSPS) is 27.7. The average molecular weight is 249 g/mol. The van der Waals surface area contributed by atoms with Crippen LogP contribution in [0.25, 0.3) is 0 Å². The summed E-state index contributed by atoms with van der Waals surface area (Å²) in [4.78, 5) is 0. The Hall–Kier alpha value is -0.900. The summed E-state index contributed by atoms with van der Waals surface area (Å²) in [6.45, 7) is 3.70. The molecule has 2 unspecified atom stereocenters. The van der Waals surface area contributed by atoms with E-state index < -0.39 is 5.60 Å². The van der Waals surface area contributed by atoms with Crippen molar-refractivity contribution in [2.75, 3.05) is 19.8 Å². The topological polar surface area (TPSA) is 55.5 Å². The van der Waals surface area contributed by atoms with Crippen molar-refractivity contribution in [1.82, 2.24) is 0 Å². The first-order valence-corrected chi connectivity index (χ1v) is 6.64. The van der Waals surface area contributed by atoms with Crippen LogP contribution in [0.2, 0.25) is 0 Å². The van der Waals surface area contributed by atoms with Gasteiger partial charge in [0, 0.05) is 25.0 Å². The van der Waals surface area contributed by atoms with Gasteiger partial charge in [0.25, 0.3) is 0 Å². The van der Waals surface area contributed by atoms with Crippen molar-refractivity contribution in [3.63, 3.8) is 0 Å². The summed E-state index contributed by atoms with van der Waals surface area (Å²) < 4.78 is 5.56. The molecule has 100 valence electrons. The molecule has 1 aliphatic heterocycles. The first kappa shape index (κ1) is 13.5. The first-order valence-electron chi connectivity index (χ1n) is 6.64. The molecule has 1 aromatic carbocycles. The molecule has 2 rings (SSSR count). The van der Waals surface area contributed by atoms with Crippen LogP contribution in [-0.2, 0) is 11.2 Å². The fourth-order valence-corrected chi connectivity index (χ4v) is 2.84. The van der Waals surface area contributed by atoms with Crippen LogP contribution in [0.4, 0.5) is 0 Å². The van der Waals surface area contributed by atoms with E-state index in [1.54, 1.807) is 0 Å². The number of hydrogen-bond acceptors (Lipinski definition) is 3. The van der Waals surface area contributed by atoms with E-state index in [4.69, 9.17) is 10.5 Å². The predicted molar refractivity (Wildman–Crippen MR) is 72.3 cm³/mol. The lowest BCUT2D eigenvalue weighted by Crippen LogP contribution is -2.56. The third-order valence-corrected chi connectivity index (χ3v) is 4.25. The maximum absolute atomic E-state index is 10.9. The molecule has 0 aliphatic carbocycles. The van der Waals surface area contributed by atoms with Crippen LogP contribution in [0.5, 0.6) is 0 Å². The van der Waals surface area contributed by atoms with Crippen LogP contribution in [0.1, 0.15) is 25.3 Å². The van der Waals surface area contributed by atoms with Crippen molar-refractivity contribution >= 4 is 0 Å². The minimum atomic E-state index is -0.830. The van der Waals surface area contributed by atoms with Crippen molar-refractivity contribution < 1.29 is 9.84 Å². The van der Waals surface area contributed by atoms with Crippen molar-refractivity contribution in [2.24, 2.45) is 11.1 Å². The first-order chi connectivity index (χ1) is 8.60. The molecule has 0 amide bonds. The fraction of sp³-hybridized carbons (Fsp3) is 0.600. The molecule has 3 heteroatoms. The summed E-state index contributed by atoms with van der Waals surface area (Å²) in [6.07, 6.45) is 2.53. The third kappa shape index (κ3) is 2.58. The molecule has 0 spiro atoms. The van der Waals surface area contributed by atoms with Gasteiger partial charge in [0.1, 0.15) is 0 Å². The van der Waals surface area contributed by atoms with Crippen LogP contribution in [0.3, 0.4) is 0 Å². The molecule has 1 aromatic rings. The van der Waals surface area contributed by atoms with Gasteiger partial charge in [-0.25, -0.2) is 0 Å². The van der Waals surface area contributed by atoms with Crippen LogP contribution in [0.15, 0.2) is 30.3 Å². The number of hydrogen-bond donors (Lipinski definition) is 2. The lowest BCUT2D eigenvalue weighted by atomic mass is 9.67. The van der Waals surface area contributed by atoms with E-state index >= 15 is 0 Å². The SMILES string of the molecule is CC(O)(Cc1ccccc1)C1(CN)CCCOC1. The maximum atomic E-state index is 10.9. The summed E-state index contributed by atoms with van der Waals surface area (Å²) in [5.41, 5.74) is 5.93. The standard InChI is InChI=1S/C15H23NO2/c1-14(17,10-13-6-3-2-4-7-13)15(11-16)8-5-9-18-12-15/h2-4,6-7,17H,5,8-12,16H2,1H3. The summed E-state index contributed by atoms with van der Waals surface area (Å²) >= 11 is 0. The van der Waals surface area contributed by atoms with Gasteiger partial charge in [-0.05, 0) is 25.3 Å². The molecule has 18 heavy (non-hydrogen) atoms. The summed E-state index contributed by atoms with van der Waals surface area (Å²) in [6, 6.07) is 10.1. The van der Waals surface area contributed by atoms with Gasteiger partial charge in [0.2, 0.25) is 0 Å². The van der Waals surface area contributed by atoms with E-state index in [0.717, 1.165) is 25.0 Å². The zero-order valence-electron chi connectivity index (χ0n) is 11.1. The Morgan fingerprint density at radius 1 is 1.39 bits per heavy atom. The number of ether oxygens (including phenoxy) is 1. The highest BCUT2D eigenvalue weighted by molar-refractivity contribution is 5.18. The van der Waals surface area contributed by atoms with Gasteiger partial charge in [-0.2, -0.15) is 0 Å². The molecule has 0 aromatic heterocycles.